The van der Waals surface area contributed by atoms with E-state index in [9.17, 15) is 18.0 Å². The first-order chi connectivity index (χ1) is 6.52. The fraction of sp³-hybridized carbons (Fsp3) is 0.222. The number of hydrogen-bond acceptors (Lipinski definition) is 1. The first-order valence-corrected chi connectivity index (χ1v) is 4.66. The second kappa shape index (κ2) is 3.08. The van der Waals surface area contributed by atoms with Crippen LogP contribution in [0.5, 0.6) is 0 Å². The van der Waals surface area contributed by atoms with Crippen LogP contribution in [0.4, 0.5) is 13.2 Å². The Kier molecular flexibility index (Phi) is 2.14. The molecule has 1 aliphatic carbocycles. The van der Waals surface area contributed by atoms with E-state index in [4.69, 9.17) is 0 Å². The van der Waals surface area contributed by atoms with E-state index in [0.717, 1.165) is 6.07 Å². The van der Waals surface area contributed by atoms with Gasteiger partial charge in [0.15, 0.2) is 17.8 Å². The van der Waals surface area contributed by atoms with Gasteiger partial charge < -0.3 is 0 Å². The molecule has 1 nitrogen and oxygen atoms in total. The maximum absolute atomic E-state index is 13.1. The van der Waals surface area contributed by atoms with E-state index in [-0.39, 0.29) is 16.5 Å². The molecule has 0 N–H and O–H groups in total. The van der Waals surface area contributed by atoms with Crippen LogP contribution < -0.4 is 0 Å². The van der Waals surface area contributed by atoms with Crippen LogP contribution in [0.25, 0.3) is 0 Å². The van der Waals surface area contributed by atoms with Gasteiger partial charge in [-0.3, -0.25) is 4.79 Å². The molecule has 0 bridgehead atoms. The minimum absolute atomic E-state index is 0.189. The predicted molar refractivity (Wildman–Crippen MR) is 47.0 cm³/mol. The lowest BCUT2D eigenvalue weighted by molar-refractivity contribution is 0.0895. The smallest absolute Gasteiger partial charge is 0.200 e. The van der Waals surface area contributed by atoms with Gasteiger partial charge in [0.1, 0.15) is 0 Å². The predicted octanol–water partition coefficient (Wildman–Crippen LogP) is 2.80. The molecule has 0 radical (unpaired) electrons. The highest BCUT2D eigenvalue weighted by Crippen LogP contribution is 2.33. The second-order valence-corrected chi connectivity index (χ2v) is 3.90. The summed E-state index contributed by atoms with van der Waals surface area (Å²) in [6.07, 6.45) is -1.94. The summed E-state index contributed by atoms with van der Waals surface area (Å²) in [7, 11) is 0. The SMILES string of the molecule is O=C1c2c(F)c(F)cc(Br)c2CC1F. The van der Waals surface area contributed by atoms with Gasteiger partial charge in [-0.25, -0.2) is 13.2 Å². The third-order valence-corrected chi connectivity index (χ3v) is 2.89. The molecule has 0 aliphatic heterocycles. The van der Waals surface area contributed by atoms with Crippen molar-refractivity contribution in [2.45, 2.75) is 12.6 Å². The highest BCUT2D eigenvalue weighted by atomic mass is 79.9. The minimum atomic E-state index is -1.75. The third-order valence-electron chi connectivity index (χ3n) is 2.19. The van der Waals surface area contributed by atoms with Crippen molar-refractivity contribution in [1.82, 2.24) is 0 Å². The van der Waals surface area contributed by atoms with Crippen molar-refractivity contribution in [3.63, 3.8) is 0 Å². The maximum Gasteiger partial charge on any atom is 0.200 e. The summed E-state index contributed by atoms with van der Waals surface area (Å²) in [5.41, 5.74) is -0.245. The number of ketones is 1. The Labute approximate surface area is 86.0 Å². The zero-order valence-electron chi connectivity index (χ0n) is 6.78. The van der Waals surface area contributed by atoms with Crippen molar-refractivity contribution in [2.24, 2.45) is 0 Å². The van der Waals surface area contributed by atoms with Crippen LogP contribution in [0.1, 0.15) is 15.9 Å². The van der Waals surface area contributed by atoms with Crippen molar-refractivity contribution in [3.05, 3.63) is 33.3 Å². The van der Waals surface area contributed by atoms with Crippen molar-refractivity contribution < 1.29 is 18.0 Å². The zero-order chi connectivity index (χ0) is 10.5. The fourth-order valence-electron chi connectivity index (χ4n) is 1.52. The number of rotatable bonds is 0. The van der Waals surface area contributed by atoms with Crippen LogP contribution in [-0.4, -0.2) is 12.0 Å². The molecule has 0 saturated heterocycles. The van der Waals surface area contributed by atoms with Crippen molar-refractivity contribution >= 4 is 21.7 Å². The molecule has 1 aliphatic rings. The van der Waals surface area contributed by atoms with E-state index in [1.807, 2.05) is 0 Å². The Bertz CT molecular complexity index is 431. The largest absolute Gasteiger partial charge is 0.291 e. The summed E-state index contributed by atoms with van der Waals surface area (Å²) in [4.78, 5) is 11.1. The highest BCUT2D eigenvalue weighted by molar-refractivity contribution is 9.10. The van der Waals surface area contributed by atoms with Gasteiger partial charge in [0.25, 0.3) is 0 Å². The summed E-state index contributed by atoms with van der Waals surface area (Å²) in [6, 6.07) is 0.902. The van der Waals surface area contributed by atoms with E-state index in [1.54, 1.807) is 0 Å². The molecule has 0 fully saturated rings. The molecule has 14 heavy (non-hydrogen) atoms. The van der Waals surface area contributed by atoms with Gasteiger partial charge in [-0.05, 0) is 11.6 Å². The number of carbonyl (C=O) groups is 1. The molecular weight excluding hydrogens is 261 g/mol. The molecule has 74 valence electrons. The van der Waals surface area contributed by atoms with Gasteiger partial charge in [0, 0.05) is 10.9 Å². The van der Waals surface area contributed by atoms with Gasteiger partial charge in [0.2, 0.25) is 5.78 Å². The van der Waals surface area contributed by atoms with E-state index in [0.29, 0.717) is 0 Å². The van der Waals surface area contributed by atoms with E-state index < -0.39 is 29.2 Å². The van der Waals surface area contributed by atoms with Gasteiger partial charge in [-0.15, -0.1) is 0 Å². The first kappa shape index (κ1) is 9.71. The quantitative estimate of drug-likeness (QED) is 0.659. The standard InChI is InChI=1S/C9H4BrF3O/c10-4-2-5(11)8(13)7-3(4)1-6(12)9(7)14/h2,6H,1H2. The molecule has 0 spiro atoms. The molecular formula is C9H4BrF3O. The van der Waals surface area contributed by atoms with Crippen LogP contribution in [0.3, 0.4) is 0 Å². The lowest BCUT2D eigenvalue weighted by Gasteiger charge is -2.02. The number of alkyl halides is 1. The number of benzene rings is 1. The molecule has 0 heterocycles. The Morgan fingerprint density at radius 1 is 1.43 bits per heavy atom. The maximum atomic E-state index is 13.1. The van der Waals surface area contributed by atoms with E-state index >= 15 is 0 Å². The summed E-state index contributed by atoms with van der Waals surface area (Å²) in [6.45, 7) is 0. The van der Waals surface area contributed by atoms with Gasteiger partial charge >= 0.3 is 0 Å². The van der Waals surface area contributed by atoms with E-state index in [2.05, 4.69) is 15.9 Å². The summed E-state index contributed by atoms with van der Waals surface area (Å²) in [5.74, 6) is -3.37. The summed E-state index contributed by atoms with van der Waals surface area (Å²) < 4.78 is 39.2. The van der Waals surface area contributed by atoms with Gasteiger partial charge in [-0.1, -0.05) is 15.9 Å². The first-order valence-electron chi connectivity index (χ1n) is 3.87. The number of halogens is 4. The lowest BCUT2D eigenvalue weighted by atomic mass is 10.1. The van der Waals surface area contributed by atoms with Crippen LogP contribution in [0.2, 0.25) is 0 Å². The van der Waals surface area contributed by atoms with E-state index in [1.165, 1.54) is 0 Å². The zero-order valence-corrected chi connectivity index (χ0v) is 8.37. The van der Waals surface area contributed by atoms with Gasteiger partial charge in [0.05, 0.1) is 5.56 Å². The normalized spacial score (nSPS) is 20.0. The second-order valence-electron chi connectivity index (χ2n) is 3.04. The molecule has 0 amide bonds. The third kappa shape index (κ3) is 1.19. The number of fused-ring (bicyclic) bond motifs is 1. The van der Waals surface area contributed by atoms with Crippen LogP contribution in [0.15, 0.2) is 10.5 Å². The molecule has 1 aromatic carbocycles. The number of Topliss-reactive ketones (excluding diaryl/α,β-unsaturated/α-hetero) is 1. The number of hydrogen-bond donors (Lipinski definition) is 0. The topological polar surface area (TPSA) is 17.1 Å². The average Bonchev–Trinajstić information content (AvgIpc) is 2.41. The van der Waals surface area contributed by atoms with Crippen LogP contribution in [0, 0.1) is 11.6 Å². The number of carbonyl (C=O) groups excluding carboxylic acids is 1. The summed E-state index contributed by atoms with van der Waals surface area (Å²) >= 11 is 2.96. The Morgan fingerprint density at radius 2 is 2.07 bits per heavy atom. The molecule has 1 unspecified atom stereocenters. The Morgan fingerprint density at radius 3 is 2.71 bits per heavy atom. The van der Waals surface area contributed by atoms with Crippen LogP contribution >= 0.6 is 15.9 Å². The Balaban J connectivity index is 2.74. The highest BCUT2D eigenvalue weighted by Gasteiger charge is 2.36. The van der Waals surface area contributed by atoms with Crippen molar-refractivity contribution in [2.75, 3.05) is 0 Å². The molecule has 0 aromatic heterocycles. The monoisotopic (exact) mass is 264 g/mol. The molecule has 2 rings (SSSR count). The van der Waals surface area contributed by atoms with Gasteiger partial charge in [-0.2, -0.15) is 0 Å². The lowest BCUT2D eigenvalue weighted by Crippen LogP contribution is -2.10. The van der Waals surface area contributed by atoms with Crippen molar-refractivity contribution in [3.8, 4) is 0 Å². The Hall–Kier alpha value is -0.840. The molecule has 1 atom stereocenters. The molecule has 0 saturated carbocycles. The van der Waals surface area contributed by atoms with Crippen LogP contribution in [-0.2, 0) is 6.42 Å². The van der Waals surface area contributed by atoms with Crippen molar-refractivity contribution in [1.29, 1.82) is 0 Å². The molecule has 5 heteroatoms. The summed E-state index contributed by atoms with van der Waals surface area (Å²) in [5, 5.41) is 0. The fourth-order valence-corrected chi connectivity index (χ4v) is 2.08. The minimum Gasteiger partial charge on any atom is -0.291 e. The molecule has 1 aromatic rings. The average molecular weight is 265 g/mol.